The van der Waals surface area contributed by atoms with E-state index in [1.807, 2.05) is 27.7 Å². The number of carbonyl (C=O) groups excluding carboxylic acids is 1. The molecule has 3 N–H and O–H groups in total. The summed E-state index contributed by atoms with van der Waals surface area (Å²) in [6.45, 7) is 7.95. The average molecular weight is 232 g/mol. The molecule has 0 rings (SSSR count). The summed E-state index contributed by atoms with van der Waals surface area (Å²) >= 11 is 1.79. The van der Waals surface area contributed by atoms with Crippen molar-refractivity contribution in [3.63, 3.8) is 0 Å². The van der Waals surface area contributed by atoms with Crippen molar-refractivity contribution in [3.05, 3.63) is 0 Å². The molecule has 0 aromatic heterocycles. The van der Waals surface area contributed by atoms with Gasteiger partial charge in [0.15, 0.2) is 0 Å². The minimum atomic E-state index is -0.436. The minimum absolute atomic E-state index is 0.0453. The van der Waals surface area contributed by atoms with E-state index in [4.69, 9.17) is 5.73 Å². The molecule has 0 aliphatic rings. The van der Waals surface area contributed by atoms with Crippen LogP contribution in [0.25, 0.3) is 0 Å². The highest BCUT2D eigenvalue weighted by atomic mass is 32.2. The quantitative estimate of drug-likeness (QED) is 0.757. The van der Waals surface area contributed by atoms with Crippen LogP contribution in [0.1, 0.15) is 34.1 Å². The number of nitrogens with one attached hydrogen (secondary N) is 1. The van der Waals surface area contributed by atoms with Crippen molar-refractivity contribution < 1.29 is 4.79 Å². The summed E-state index contributed by atoms with van der Waals surface area (Å²) in [5.41, 5.74) is 5.68. The second kappa shape index (κ2) is 6.38. The minimum Gasteiger partial charge on any atom is -0.352 e. The Bertz CT molecular complexity index is 201. The number of hydrogen-bond donors (Lipinski definition) is 2. The Morgan fingerprint density at radius 2 is 2.00 bits per heavy atom. The molecule has 4 heteroatoms. The van der Waals surface area contributed by atoms with E-state index in [-0.39, 0.29) is 17.4 Å². The highest BCUT2D eigenvalue weighted by Crippen LogP contribution is 2.17. The van der Waals surface area contributed by atoms with Gasteiger partial charge in [0.1, 0.15) is 0 Å². The van der Waals surface area contributed by atoms with Crippen LogP contribution >= 0.6 is 11.8 Å². The fourth-order valence-electron chi connectivity index (χ4n) is 1.09. The Morgan fingerprint density at radius 3 is 2.40 bits per heavy atom. The van der Waals surface area contributed by atoms with E-state index in [1.54, 1.807) is 11.8 Å². The van der Waals surface area contributed by atoms with Crippen molar-refractivity contribution >= 4 is 17.7 Å². The number of carbonyl (C=O) groups is 1. The molecule has 0 bridgehead atoms. The van der Waals surface area contributed by atoms with Crippen LogP contribution in [0.3, 0.4) is 0 Å². The van der Waals surface area contributed by atoms with E-state index >= 15 is 0 Å². The van der Waals surface area contributed by atoms with Crippen molar-refractivity contribution in [2.45, 2.75) is 46.2 Å². The zero-order valence-corrected chi connectivity index (χ0v) is 11.3. The van der Waals surface area contributed by atoms with E-state index in [0.717, 1.165) is 12.2 Å². The van der Waals surface area contributed by atoms with Crippen LogP contribution in [-0.4, -0.2) is 30.0 Å². The van der Waals surface area contributed by atoms with E-state index < -0.39 is 6.04 Å². The molecule has 0 aliphatic carbocycles. The van der Waals surface area contributed by atoms with Crippen LogP contribution < -0.4 is 11.1 Å². The molecule has 0 spiro atoms. The van der Waals surface area contributed by atoms with Crippen LogP contribution in [0.5, 0.6) is 0 Å². The maximum absolute atomic E-state index is 11.7. The number of rotatable bonds is 5. The van der Waals surface area contributed by atoms with E-state index in [0.29, 0.717) is 0 Å². The smallest absolute Gasteiger partial charge is 0.237 e. The van der Waals surface area contributed by atoms with Crippen LogP contribution in [0.2, 0.25) is 0 Å². The largest absolute Gasteiger partial charge is 0.352 e. The molecular formula is C11H24N2OS. The molecule has 0 saturated heterocycles. The van der Waals surface area contributed by atoms with Gasteiger partial charge in [-0.2, -0.15) is 11.8 Å². The molecule has 0 aromatic carbocycles. The van der Waals surface area contributed by atoms with Gasteiger partial charge in [-0.15, -0.1) is 0 Å². The lowest BCUT2D eigenvalue weighted by atomic mass is 9.87. The molecule has 0 aliphatic heterocycles. The lowest BCUT2D eigenvalue weighted by Gasteiger charge is -2.27. The Balaban J connectivity index is 4.02. The topological polar surface area (TPSA) is 55.1 Å². The van der Waals surface area contributed by atoms with Gasteiger partial charge in [-0.05, 0) is 30.8 Å². The highest BCUT2D eigenvalue weighted by Gasteiger charge is 2.27. The molecule has 15 heavy (non-hydrogen) atoms. The summed E-state index contributed by atoms with van der Waals surface area (Å²) in [5, 5.41) is 2.94. The molecule has 2 atom stereocenters. The zero-order chi connectivity index (χ0) is 12.1. The van der Waals surface area contributed by atoms with E-state index in [1.165, 1.54) is 0 Å². The molecule has 0 radical (unpaired) electrons. The molecular weight excluding hydrogens is 208 g/mol. The van der Waals surface area contributed by atoms with Gasteiger partial charge in [0.05, 0.1) is 6.04 Å². The monoisotopic (exact) mass is 232 g/mol. The Labute approximate surface area is 97.6 Å². The van der Waals surface area contributed by atoms with Crippen LogP contribution in [0, 0.1) is 5.41 Å². The van der Waals surface area contributed by atoms with Crippen molar-refractivity contribution in [2.75, 3.05) is 12.0 Å². The molecule has 0 fully saturated rings. The molecule has 2 unspecified atom stereocenters. The first kappa shape index (κ1) is 14.8. The maximum atomic E-state index is 11.7. The van der Waals surface area contributed by atoms with E-state index in [2.05, 4.69) is 11.6 Å². The van der Waals surface area contributed by atoms with Crippen molar-refractivity contribution in [3.8, 4) is 0 Å². The van der Waals surface area contributed by atoms with Crippen molar-refractivity contribution in [1.29, 1.82) is 0 Å². The lowest BCUT2D eigenvalue weighted by Crippen LogP contribution is -2.50. The number of nitrogens with two attached hydrogens (primary N) is 1. The summed E-state index contributed by atoms with van der Waals surface area (Å²) in [6, 6.07) is -0.229. The van der Waals surface area contributed by atoms with Gasteiger partial charge in [-0.25, -0.2) is 0 Å². The third-order valence-corrected chi connectivity index (χ3v) is 3.00. The first-order valence-corrected chi connectivity index (χ1v) is 6.73. The van der Waals surface area contributed by atoms with Crippen LogP contribution in [0.15, 0.2) is 0 Å². The molecule has 0 heterocycles. The summed E-state index contributed by atoms with van der Waals surface area (Å²) in [4.78, 5) is 11.7. The first-order chi connectivity index (χ1) is 6.79. The fraction of sp³-hybridized carbons (Fsp3) is 0.909. The van der Waals surface area contributed by atoms with Gasteiger partial charge in [0.2, 0.25) is 5.91 Å². The highest BCUT2D eigenvalue weighted by molar-refractivity contribution is 7.98. The summed E-state index contributed by atoms with van der Waals surface area (Å²) in [6.07, 6.45) is 3.05. The predicted molar refractivity (Wildman–Crippen MR) is 68.0 cm³/mol. The van der Waals surface area contributed by atoms with Gasteiger partial charge < -0.3 is 11.1 Å². The third kappa shape index (κ3) is 6.05. The Hall–Kier alpha value is -0.220. The third-order valence-electron chi connectivity index (χ3n) is 2.36. The molecule has 3 nitrogen and oxygen atoms in total. The van der Waals surface area contributed by atoms with Gasteiger partial charge in [0, 0.05) is 6.04 Å². The number of hydrogen-bond acceptors (Lipinski definition) is 3. The SMILES string of the molecule is CSCCC(C)NC(=O)C(N)C(C)(C)C. The van der Waals surface area contributed by atoms with E-state index in [9.17, 15) is 4.79 Å². The average Bonchev–Trinajstić information content (AvgIpc) is 2.11. The summed E-state index contributed by atoms with van der Waals surface area (Å²) < 4.78 is 0. The first-order valence-electron chi connectivity index (χ1n) is 5.34. The van der Waals surface area contributed by atoms with Crippen molar-refractivity contribution in [2.24, 2.45) is 11.1 Å². The second-order valence-corrected chi connectivity index (χ2v) is 6.02. The molecule has 0 saturated carbocycles. The van der Waals surface area contributed by atoms with Gasteiger partial charge in [-0.1, -0.05) is 20.8 Å². The zero-order valence-electron chi connectivity index (χ0n) is 10.5. The van der Waals surface area contributed by atoms with Gasteiger partial charge in [-0.3, -0.25) is 4.79 Å². The van der Waals surface area contributed by atoms with Crippen LogP contribution in [0.4, 0.5) is 0 Å². The second-order valence-electron chi connectivity index (χ2n) is 5.03. The molecule has 1 amide bonds. The number of amides is 1. The maximum Gasteiger partial charge on any atom is 0.237 e. The summed E-state index contributed by atoms with van der Waals surface area (Å²) in [5.74, 6) is 1.02. The molecule has 90 valence electrons. The van der Waals surface area contributed by atoms with Gasteiger partial charge in [0.25, 0.3) is 0 Å². The van der Waals surface area contributed by atoms with Gasteiger partial charge >= 0.3 is 0 Å². The Morgan fingerprint density at radius 1 is 1.47 bits per heavy atom. The molecule has 0 aromatic rings. The lowest BCUT2D eigenvalue weighted by molar-refractivity contribution is -0.125. The van der Waals surface area contributed by atoms with Crippen LogP contribution in [-0.2, 0) is 4.79 Å². The standard InChI is InChI=1S/C11H24N2OS/c1-8(6-7-15-5)13-10(14)9(12)11(2,3)4/h8-9H,6-7,12H2,1-5H3,(H,13,14). The number of thioether (sulfide) groups is 1. The normalized spacial score (nSPS) is 15.9. The summed E-state index contributed by atoms with van der Waals surface area (Å²) in [7, 11) is 0. The fourth-order valence-corrected chi connectivity index (χ4v) is 1.68. The van der Waals surface area contributed by atoms with Crippen molar-refractivity contribution in [1.82, 2.24) is 5.32 Å². The Kier molecular flexibility index (Phi) is 6.29. The predicted octanol–water partition coefficient (Wildman–Crippen LogP) is 1.62.